The van der Waals surface area contributed by atoms with Crippen LogP contribution in [0.25, 0.3) is 0 Å². The van der Waals surface area contributed by atoms with Crippen molar-refractivity contribution in [3.63, 3.8) is 0 Å². The van der Waals surface area contributed by atoms with Gasteiger partial charge in [0.1, 0.15) is 0 Å². The van der Waals surface area contributed by atoms with Gasteiger partial charge in [0, 0.05) is 5.75 Å². The van der Waals surface area contributed by atoms with Crippen LogP contribution in [0.3, 0.4) is 0 Å². The summed E-state index contributed by atoms with van der Waals surface area (Å²) in [4.78, 5) is 4.37. The van der Waals surface area contributed by atoms with Crippen LogP contribution >= 0.6 is 11.8 Å². The van der Waals surface area contributed by atoms with Gasteiger partial charge in [-0.1, -0.05) is 18.2 Å². The quantitative estimate of drug-likeness (QED) is 0.842. The Morgan fingerprint density at radius 3 is 2.57 bits per heavy atom. The second-order valence-corrected chi connectivity index (χ2v) is 5.74. The number of nitrogens with zero attached hydrogens (tertiary/aromatic N) is 1. The molecule has 0 aliphatic heterocycles. The Bertz CT molecular complexity index is 654. The zero-order chi connectivity index (χ0) is 15.6. The Morgan fingerprint density at radius 2 is 1.90 bits per heavy atom. The number of alkyl halides is 3. The molecule has 2 nitrogen and oxygen atoms in total. The third-order valence-electron chi connectivity index (χ3n) is 3.03. The predicted molar refractivity (Wildman–Crippen MR) is 79.1 cm³/mol. The highest BCUT2D eigenvalue weighted by Crippen LogP contribution is 2.31. The van der Waals surface area contributed by atoms with E-state index in [2.05, 4.69) is 4.98 Å². The van der Waals surface area contributed by atoms with Crippen molar-refractivity contribution in [3.8, 4) is 0 Å². The molecule has 0 aliphatic rings. The number of thioether (sulfide) groups is 1. The monoisotopic (exact) mass is 312 g/mol. The van der Waals surface area contributed by atoms with Gasteiger partial charge in [-0.2, -0.15) is 13.2 Å². The molecule has 1 aromatic heterocycles. The minimum Gasteiger partial charge on any atom is -0.397 e. The standard InChI is InChI=1S/C15H15F3N2S/c1-9-6-13(19)10(2)20-14(9)21-8-11-4-3-5-12(7-11)15(16,17)18/h3-7H,8,19H2,1-2H3. The van der Waals surface area contributed by atoms with Crippen molar-refractivity contribution in [1.29, 1.82) is 0 Å². The highest BCUT2D eigenvalue weighted by Gasteiger charge is 2.30. The minimum absolute atomic E-state index is 0.432. The number of aromatic nitrogens is 1. The van der Waals surface area contributed by atoms with Gasteiger partial charge in [-0.3, -0.25) is 0 Å². The largest absolute Gasteiger partial charge is 0.416 e. The van der Waals surface area contributed by atoms with E-state index in [0.29, 0.717) is 17.0 Å². The average molecular weight is 312 g/mol. The van der Waals surface area contributed by atoms with Crippen molar-refractivity contribution in [2.45, 2.75) is 30.8 Å². The van der Waals surface area contributed by atoms with Crippen molar-refractivity contribution in [1.82, 2.24) is 4.98 Å². The van der Waals surface area contributed by atoms with Crippen LogP contribution in [-0.4, -0.2) is 4.98 Å². The van der Waals surface area contributed by atoms with Gasteiger partial charge in [-0.25, -0.2) is 4.98 Å². The van der Waals surface area contributed by atoms with E-state index in [0.717, 1.165) is 22.3 Å². The first-order chi connectivity index (χ1) is 9.77. The average Bonchev–Trinajstić information content (AvgIpc) is 2.41. The number of hydrogen-bond acceptors (Lipinski definition) is 3. The number of hydrogen-bond donors (Lipinski definition) is 1. The Labute approximate surface area is 125 Å². The lowest BCUT2D eigenvalue weighted by Crippen LogP contribution is -2.05. The van der Waals surface area contributed by atoms with Crippen molar-refractivity contribution in [3.05, 3.63) is 52.7 Å². The fourth-order valence-electron chi connectivity index (χ4n) is 1.84. The van der Waals surface area contributed by atoms with Crippen molar-refractivity contribution < 1.29 is 13.2 Å². The third-order valence-corrected chi connectivity index (χ3v) is 4.19. The van der Waals surface area contributed by atoms with Crippen LogP contribution in [0.1, 0.15) is 22.4 Å². The van der Waals surface area contributed by atoms with E-state index < -0.39 is 11.7 Å². The molecular weight excluding hydrogens is 297 g/mol. The summed E-state index contributed by atoms with van der Waals surface area (Å²) in [6.07, 6.45) is -4.31. The summed E-state index contributed by atoms with van der Waals surface area (Å²) in [6.45, 7) is 3.69. The van der Waals surface area contributed by atoms with Gasteiger partial charge in [0.25, 0.3) is 0 Å². The third kappa shape index (κ3) is 3.91. The SMILES string of the molecule is Cc1cc(N)c(C)nc1SCc1cccc(C(F)(F)F)c1. The Balaban J connectivity index is 2.15. The fourth-order valence-corrected chi connectivity index (χ4v) is 2.81. The molecule has 0 saturated carbocycles. The van der Waals surface area contributed by atoms with Gasteiger partial charge in [-0.05, 0) is 37.1 Å². The van der Waals surface area contributed by atoms with Crippen molar-refractivity contribution in [2.75, 3.05) is 5.73 Å². The van der Waals surface area contributed by atoms with E-state index in [1.165, 1.54) is 23.9 Å². The number of nitrogen functional groups attached to an aromatic ring is 1. The number of benzene rings is 1. The molecule has 1 aromatic carbocycles. The van der Waals surface area contributed by atoms with E-state index in [1.54, 1.807) is 6.07 Å². The molecule has 0 fully saturated rings. The number of rotatable bonds is 3. The van der Waals surface area contributed by atoms with Crippen LogP contribution in [0.4, 0.5) is 18.9 Å². The molecule has 0 aliphatic carbocycles. The molecule has 6 heteroatoms. The summed E-state index contributed by atoms with van der Waals surface area (Å²) in [5, 5.41) is 0.791. The highest BCUT2D eigenvalue weighted by molar-refractivity contribution is 7.98. The Hall–Kier alpha value is -1.69. The Morgan fingerprint density at radius 1 is 1.19 bits per heavy atom. The lowest BCUT2D eigenvalue weighted by Gasteiger charge is -2.10. The first-order valence-corrected chi connectivity index (χ1v) is 7.28. The van der Waals surface area contributed by atoms with Gasteiger partial charge in [-0.15, -0.1) is 11.8 Å². The molecule has 2 rings (SSSR count). The molecule has 0 unspecified atom stereocenters. The number of pyridine rings is 1. The number of nitrogens with two attached hydrogens (primary N) is 1. The summed E-state index contributed by atoms with van der Waals surface area (Å²) in [5.74, 6) is 0.432. The van der Waals surface area contributed by atoms with Crippen LogP contribution in [0.2, 0.25) is 0 Å². The first kappa shape index (κ1) is 15.7. The maximum atomic E-state index is 12.7. The number of aryl methyl sites for hydroxylation is 2. The van der Waals surface area contributed by atoms with Crippen molar-refractivity contribution in [2.24, 2.45) is 0 Å². The van der Waals surface area contributed by atoms with Crippen molar-refractivity contribution >= 4 is 17.4 Å². The lowest BCUT2D eigenvalue weighted by molar-refractivity contribution is -0.137. The first-order valence-electron chi connectivity index (χ1n) is 6.30. The van der Waals surface area contributed by atoms with Crippen LogP contribution in [0, 0.1) is 13.8 Å². The molecule has 0 bridgehead atoms. The molecule has 2 N–H and O–H groups in total. The second-order valence-electron chi connectivity index (χ2n) is 4.77. The van der Waals surface area contributed by atoms with Gasteiger partial charge in [0.15, 0.2) is 0 Å². The molecule has 0 saturated heterocycles. The molecule has 112 valence electrons. The maximum Gasteiger partial charge on any atom is 0.416 e. The lowest BCUT2D eigenvalue weighted by atomic mass is 10.1. The van der Waals surface area contributed by atoms with E-state index in [4.69, 9.17) is 5.73 Å². The smallest absolute Gasteiger partial charge is 0.397 e. The topological polar surface area (TPSA) is 38.9 Å². The molecule has 21 heavy (non-hydrogen) atoms. The van der Waals surface area contributed by atoms with Gasteiger partial charge in [0.2, 0.25) is 0 Å². The zero-order valence-corrected chi connectivity index (χ0v) is 12.5. The van der Waals surface area contributed by atoms with Gasteiger partial charge < -0.3 is 5.73 Å². The predicted octanol–water partition coefficient (Wildman–Crippen LogP) is 4.59. The van der Waals surface area contributed by atoms with E-state index in [9.17, 15) is 13.2 Å². The Kier molecular flexibility index (Phi) is 4.46. The van der Waals surface area contributed by atoms with Crippen LogP contribution in [0.15, 0.2) is 35.4 Å². The molecule has 0 radical (unpaired) electrons. The summed E-state index contributed by atoms with van der Waals surface area (Å²) in [7, 11) is 0. The van der Waals surface area contributed by atoms with Crippen LogP contribution in [-0.2, 0) is 11.9 Å². The van der Waals surface area contributed by atoms with E-state index >= 15 is 0 Å². The molecule has 1 heterocycles. The number of halogens is 3. The summed E-state index contributed by atoms with van der Waals surface area (Å²) in [5.41, 5.74) is 8.03. The van der Waals surface area contributed by atoms with Crippen LogP contribution < -0.4 is 5.73 Å². The van der Waals surface area contributed by atoms with E-state index in [1.807, 2.05) is 19.9 Å². The highest BCUT2D eigenvalue weighted by atomic mass is 32.2. The van der Waals surface area contributed by atoms with Gasteiger partial charge in [0.05, 0.1) is 22.0 Å². The molecule has 0 spiro atoms. The summed E-state index contributed by atoms with van der Waals surface area (Å²) < 4.78 is 38.0. The van der Waals surface area contributed by atoms with Gasteiger partial charge >= 0.3 is 6.18 Å². The second kappa shape index (κ2) is 5.97. The maximum absolute atomic E-state index is 12.7. The summed E-state index contributed by atoms with van der Waals surface area (Å²) in [6, 6.07) is 7.18. The minimum atomic E-state index is -4.31. The molecule has 0 amide bonds. The molecule has 2 aromatic rings. The zero-order valence-electron chi connectivity index (χ0n) is 11.7. The van der Waals surface area contributed by atoms with E-state index in [-0.39, 0.29) is 0 Å². The van der Waals surface area contributed by atoms with Crippen LogP contribution in [0.5, 0.6) is 0 Å². The fraction of sp³-hybridized carbons (Fsp3) is 0.267. The summed E-state index contributed by atoms with van der Waals surface area (Å²) >= 11 is 1.41. The number of anilines is 1. The molecular formula is C15H15F3N2S. The molecule has 0 atom stereocenters. The normalized spacial score (nSPS) is 11.7.